The van der Waals surface area contributed by atoms with Gasteiger partial charge in [-0.05, 0) is 48.1 Å². The molecular formula is C21H25FN2OS. The van der Waals surface area contributed by atoms with Crippen LogP contribution in [0.15, 0.2) is 42.5 Å². The molecule has 0 N–H and O–H groups in total. The summed E-state index contributed by atoms with van der Waals surface area (Å²) in [4.78, 5) is 17.1. The maximum atomic E-state index is 13.8. The molecule has 0 unspecified atom stereocenters. The van der Waals surface area contributed by atoms with Crippen LogP contribution in [-0.4, -0.2) is 60.4 Å². The smallest absolute Gasteiger partial charge is 0.253 e. The first-order chi connectivity index (χ1) is 12.6. The van der Waals surface area contributed by atoms with Gasteiger partial charge in [-0.1, -0.05) is 24.3 Å². The topological polar surface area (TPSA) is 23.6 Å². The van der Waals surface area contributed by atoms with Crippen molar-refractivity contribution in [3.63, 3.8) is 0 Å². The second-order valence-corrected chi connectivity index (χ2v) is 7.60. The molecule has 138 valence electrons. The standard InChI is InChI=1S/C21H25FN2OS/c1-16-19(4-3-5-20(16)22)17-6-8-18(9-7-17)21(25)24-12-10-23(11-13-24)14-15-26-2/h3-9H,10-15H2,1-2H3. The van der Waals surface area contributed by atoms with Gasteiger partial charge in [0.15, 0.2) is 0 Å². The van der Waals surface area contributed by atoms with E-state index in [0.29, 0.717) is 11.1 Å². The lowest BCUT2D eigenvalue weighted by atomic mass is 9.99. The van der Waals surface area contributed by atoms with Gasteiger partial charge in [-0.25, -0.2) is 4.39 Å². The highest BCUT2D eigenvalue weighted by Gasteiger charge is 2.21. The third-order valence-electron chi connectivity index (χ3n) is 4.98. The van der Waals surface area contributed by atoms with E-state index in [9.17, 15) is 9.18 Å². The summed E-state index contributed by atoms with van der Waals surface area (Å²) in [7, 11) is 0. The van der Waals surface area contributed by atoms with E-state index in [1.165, 1.54) is 6.07 Å². The lowest BCUT2D eigenvalue weighted by Gasteiger charge is -2.34. The van der Waals surface area contributed by atoms with E-state index in [0.717, 1.165) is 49.6 Å². The predicted molar refractivity (Wildman–Crippen MR) is 107 cm³/mol. The number of carbonyl (C=O) groups is 1. The summed E-state index contributed by atoms with van der Waals surface area (Å²) in [5.41, 5.74) is 3.13. The molecule has 1 heterocycles. The van der Waals surface area contributed by atoms with Crippen LogP contribution in [0.25, 0.3) is 11.1 Å². The quantitative estimate of drug-likeness (QED) is 0.795. The van der Waals surface area contributed by atoms with E-state index in [1.807, 2.05) is 47.0 Å². The Morgan fingerprint density at radius 3 is 2.42 bits per heavy atom. The van der Waals surface area contributed by atoms with Gasteiger partial charge in [-0.15, -0.1) is 0 Å². The summed E-state index contributed by atoms with van der Waals surface area (Å²) in [5.74, 6) is 1.01. The summed E-state index contributed by atoms with van der Waals surface area (Å²) in [6.45, 7) is 6.29. The molecule has 0 bridgehead atoms. The monoisotopic (exact) mass is 372 g/mol. The molecule has 1 amide bonds. The van der Waals surface area contributed by atoms with Crippen molar-refractivity contribution in [2.24, 2.45) is 0 Å². The third kappa shape index (κ3) is 4.27. The first-order valence-corrected chi connectivity index (χ1v) is 10.4. The van der Waals surface area contributed by atoms with E-state index in [2.05, 4.69) is 11.2 Å². The normalized spacial score (nSPS) is 15.3. The van der Waals surface area contributed by atoms with Gasteiger partial charge >= 0.3 is 0 Å². The average molecular weight is 373 g/mol. The van der Waals surface area contributed by atoms with E-state index < -0.39 is 0 Å². The predicted octanol–water partition coefficient (Wildman–Crippen LogP) is 3.92. The average Bonchev–Trinajstić information content (AvgIpc) is 2.68. The zero-order valence-electron chi connectivity index (χ0n) is 15.4. The Labute approximate surface area is 159 Å². The molecule has 3 nitrogen and oxygen atoms in total. The zero-order valence-corrected chi connectivity index (χ0v) is 16.2. The van der Waals surface area contributed by atoms with E-state index >= 15 is 0 Å². The number of rotatable bonds is 5. The third-order valence-corrected chi connectivity index (χ3v) is 5.57. The number of thioether (sulfide) groups is 1. The molecule has 0 saturated carbocycles. The molecule has 1 aliphatic rings. The molecule has 1 aliphatic heterocycles. The van der Waals surface area contributed by atoms with E-state index in [4.69, 9.17) is 0 Å². The van der Waals surface area contributed by atoms with Gasteiger partial charge in [0.05, 0.1) is 0 Å². The largest absolute Gasteiger partial charge is 0.336 e. The minimum atomic E-state index is -0.206. The maximum absolute atomic E-state index is 13.8. The zero-order chi connectivity index (χ0) is 18.5. The van der Waals surface area contributed by atoms with Crippen LogP contribution < -0.4 is 0 Å². The molecule has 0 atom stereocenters. The van der Waals surface area contributed by atoms with Crippen LogP contribution in [0, 0.1) is 12.7 Å². The van der Waals surface area contributed by atoms with Crippen molar-refractivity contribution in [1.29, 1.82) is 0 Å². The SMILES string of the molecule is CSCCN1CCN(C(=O)c2ccc(-c3cccc(F)c3C)cc2)CC1. The van der Waals surface area contributed by atoms with Crippen molar-refractivity contribution in [2.75, 3.05) is 44.7 Å². The Morgan fingerprint density at radius 2 is 1.77 bits per heavy atom. The van der Waals surface area contributed by atoms with Gasteiger partial charge in [0.25, 0.3) is 5.91 Å². The molecule has 2 aromatic rings. The molecule has 0 radical (unpaired) electrons. The van der Waals surface area contributed by atoms with Crippen LogP contribution in [0.1, 0.15) is 15.9 Å². The number of hydrogen-bond donors (Lipinski definition) is 0. The molecule has 0 aromatic heterocycles. The highest BCUT2D eigenvalue weighted by Crippen LogP contribution is 2.25. The summed E-state index contributed by atoms with van der Waals surface area (Å²) in [5, 5.41) is 0. The lowest BCUT2D eigenvalue weighted by Crippen LogP contribution is -2.49. The Morgan fingerprint density at radius 1 is 1.08 bits per heavy atom. The first kappa shape index (κ1) is 18.9. The van der Waals surface area contributed by atoms with Crippen LogP contribution in [-0.2, 0) is 0 Å². The number of benzene rings is 2. The van der Waals surface area contributed by atoms with E-state index in [-0.39, 0.29) is 11.7 Å². The maximum Gasteiger partial charge on any atom is 0.253 e. The number of hydrogen-bond acceptors (Lipinski definition) is 3. The van der Waals surface area contributed by atoms with Crippen LogP contribution in [0.2, 0.25) is 0 Å². The van der Waals surface area contributed by atoms with Gasteiger partial charge in [0, 0.05) is 44.0 Å². The number of halogens is 1. The van der Waals surface area contributed by atoms with Crippen molar-refractivity contribution >= 4 is 17.7 Å². The van der Waals surface area contributed by atoms with Gasteiger partial charge in [0.2, 0.25) is 0 Å². The summed E-state index contributed by atoms with van der Waals surface area (Å²) >= 11 is 1.85. The molecule has 5 heteroatoms. The Hall–Kier alpha value is -1.85. The molecule has 3 rings (SSSR count). The van der Waals surface area contributed by atoms with Crippen molar-refractivity contribution in [3.05, 3.63) is 59.4 Å². The van der Waals surface area contributed by atoms with Crippen molar-refractivity contribution in [1.82, 2.24) is 9.80 Å². The second kappa shape index (κ2) is 8.69. The highest BCUT2D eigenvalue weighted by atomic mass is 32.2. The molecule has 0 spiro atoms. The fourth-order valence-electron chi connectivity index (χ4n) is 3.29. The van der Waals surface area contributed by atoms with Crippen molar-refractivity contribution in [2.45, 2.75) is 6.92 Å². The number of amides is 1. The van der Waals surface area contributed by atoms with Gasteiger partial charge in [0.1, 0.15) is 5.82 Å². The summed E-state index contributed by atoms with van der Waals surface area (Å²) in [6.07, 6.45) is 2.12. The fourth-order valence-corrected chi connectivity index (χ4v) is 3.73. The molecule has 1 saturated heterocycles. The summed E-state index contributed by atoms with van der Waals surface area (Å²) < 4.78 is 13.8. The number of carbonyl (C=O) groups excluding carboxylic acids is 1. The Bertz CT molecular complexity index is 755. The van der Waals surface area contributed by atoms with Gasteiger partial charge in [-0.2, -0.15) is 11.8 Å². The van der Waals surface area contributed by atoms with Crippen molar-refractivity contribution < 1.29 is 9.18 Å². The Balaban J connectivity index is 1.65. The molecule has 2 aromatic carbocycles. The van der Waals surface area contributed by atoms with Crippen molar-refractivity contribution in [3.8, 4) is 11.1 Å². The van der Waals surface area contributed by atoms with Crippen LogP contribution in [0.5, 0.6) is 0 Å². The van der Waals surface area contributed by atoms with Crippen LogP contribution in [0.4, 0.5) is 4.39 Å². The molecule has 26 heavy (non-hydrogen) atoms. The molecule has 0 aliphatic carbocycles. The van der Waals surface area contributed by atoms with Gasteiger partial charge < -0.3 is 4.90 Å². The first-order valence-electron chi connectivity index (χ1n) is 8.96. The number of nitrogens with zero attached hydrogens (tertiary/aromatic N) is 2. The minimum Gasteiger partial charge on any atom is -0.336 e. The Kier molecular flexibility index (Phi) is 6.33. The second-order valence-electron chi connectivity index (χ2n) is 6.62. The minimum absolute atomic E-state index is 0.0806. The fraction of sp³-hybridized carbons (Fsp3) is 0.381. The van der Waals surface area contributed by atoms with Crippen LogP contribution >= 0.6 is 11.8 Å². The van der Waals surface area contributed by atoms with Gasteiger partial charge in [-0.3, -0.25) is 9.69 Å². The van der Waals surface area contributed by atoms with Crippen LogP contribution in [0.3, 0.4) is 0 Å². The molecular weight excluding hydrogens is 347 g/mol. The molecule has 1 fully saturated rings. The lowest BCUT2D eigenvalue weighted by molar-refractivity contribution is 0.0644. The number of piperazine rings is 1. The highest BCUT2D eigenvalue weighted by molar-refractivity contribution is 7.98. The van der Waals surface area contributed by atoms with E-state index in [1.54, 1.807) is 13.0 Å². The summed E-state index contributed by atoms with van der Waals surface area (Å²) in [6, 6.07) is 12.6.